The Kier molecular flexibility index (Phi) is 10.9. The van der Waals surface area contributed by atoms with E-state index in [4.69, 9.17) is 0 Å². The van der Waals surface area contributed by atoms with Gasteiger partial charge in [-0.2, -0.15) is 0 Å². The van der Waals surface area contributed by atoms with Crippen LogP contribution in [0.5, 0.6) is 0 Å². The molecule has 2 aliphatic rings. The molecule has 1 amide bonds. The number of aliphatic hydroxyl groups excluding tert-OH is 1. The van der Waals surface area contributed by atoms with Crippen molar-refractivity contribution in [1.82, 2.24) is 10.6 Å². The second-order valence-corrected chi connectivity index (χ2v) is 16.9. The fourth-order valence-electron chi connectivity index (χ4n) is 7.32. The van der Waals surface area contributed by atoms with Crippen molar-refractivity contribution in [2.75, 3.05) is 13.1 Å². The van der Waals surface area contributed by atoms with E-state index in [1.807, 2.05) is 0 Å². The molecule has 2 saturated carbocycles. The number of nitrogens with one attached hydrogen (secondary N) is 2. The highest BCUT2D eigenvalue weighted by Crippen LogP contribution is 2.51. The molecule has 228 valence electrons. The molecule has 6 heteroatoms. The van der Waals surface area contributed by atoms with Crippen LogP contribution >= 0.6 is 15.8 Å². The van der Waals surface area contributed by atoms with Gasteiger partial charge < -0.3 is 10.4 Å². The first-order valence-corrected chi connectivity index (χ1v) is 19.0. The van der Waals surface area contributed by atoms with E-state index >= 15 is 0 Å². The highest BCUT2D eigenvalue weighted by atomic mass is 31.1. The molecule has 4 nitrogen and oxygen atoms in total. The average molecular weight is 623 g/mol. The van der Waals surface area contributed by atoms with E-state index in [0.717, 1.165) is 38.5 Å². The normalized spacial score (nSPS) is 22.3. The Labute approximate surface area is 265 Å². The van der Waals surface area contributed by atoms with Crippen LogP contribution in [-0.2, 0) is 4.79 Å². The Bertz CT molecular complexity index is 1360. The van der Waals surface area contributed by atoms with Gasteiger partial charge in [-0.1, -0.05) is 134 Å². The summed E-state index contributed by atoms with van der Waals surface area (Å²) in [6.07, 6.45) is 5.82. The summed E-state index contributed by atoms with van der Waals surface area (Å²) in [6, 6.07) is 43.2. The zero-order valence-corrected chi connectivity index (χ0v) is 27.1. The van der Waals surface area contributed by atoms with Crippen LogP contribution in [-0.4, -0.2) is 41.6 Å². The van der Waals surface area contributed by atoms with Gasteiger partial charge in [-0.15, -0.1) is 0 Å². The zero-order chi connectivity index (χ0) is 30.1. The number of carbonyl (C=O) groups is 1. The van der Waals surface area contributed by atoms with Crippen LogP contribution in [0.4, 0.5) is 0 Å². The van der Waals surface area contributed by atoms with Crippen molar-refractivity contribution in [3.63, 3.8) is 0 Å². The highest BCUT2D eigenvalue weighted by Gasteiger charge is 2.40. The predicted molar refractivity (Wildman–Crippen MR) is 187 cm³/mol. The molecule has 0 spiro atoms. The monoisotopic (exact) mass is 622 g/mol. The molecule has 2 aliphatic carbocycles. The third kappa shape index (κ3) is 7.32. The van der Waals surface area contributed by atoms with Gasteiger partial charge in [0.05, 0.1) is 0 Å². The van der Waals surface area contributed by atoms with Crippen molar-refractivity contribution < 1.29 is 9.90 Å². The van der Waals surface area contributed by atoms with Crippen molar-refractivity contribution in [3.05, 3.63) is 121 Å². The number of aliphatic hydroxyl groups is 1. The summed E-state index contributed by atoms with van der Waals surface area (Å²) in [5.41, 5.74) is 0.754. The van der Waals surface area contributed by atoms with Gasteiger partial charge in [0.25, 0.3) is 0 Å². The first-order valence-electron chi connectivity index (χ1n) is 16.2. The van der Waals surface area contributed by atoms with E-state index < -0.39 is 22.1 Å². The maximum atomic E-state index is 13.6. The number of rotatable bonds is 12. The first-order chi connectivity index (χ1) is 21.7. The molecule has 3 N–H and O–H groups in total. The number of amides is 1. The lowest BCUT2D eigenvalue weighted by molar-refractivity contribution is -0.124. The van der Waals surface area contributed by atoms with Crippen molar-refractivity contribution in [2.45, 2.75) is 56.1 Å². The van der Waals surface area contributed by atoms with Crippen molar-refractivity contribution >= 4 is 43.0 Å². The smallest absolute Gasteiger partial charge is 0.223 e. The number of hydrogen-bond donors (Lipinski definition) is 3. The summed E-state index contributed by atoms with van der Waals surface area (Å²) in [7, 11) is -1.20. The molecule has 6 rings (SSSR count). The van der Waals surface area contributed by atoms with Crippen molar-refractivity contribution in [2.24, 2.45) is 11.8 Å². The Morgan fingerprint density at radius 3 is 1.55 bits per heavy atom. The van der Waals surface area contributed by atoms with Crippen LogP contribution in [0.2, 0.25) is 0 Å². The summed E-state index contributed by atoms with van der Waals surface area (Å²) >= 11 is 0. The Morgan fingerprint density at radius 1 is 0.614 bits per heavy atom. The summed E-state index contributed by atoms with van der Waals surface area (Å²) in [4.78, 5) is 13.6. The summed E-state index contributed by atoms with van der Waals surface area (Å²) in [5.74, 6) is 0.376. The van der Waals surface area contributed by atoms with Crippen molar-refractivity contribution in [3.8, 4) is 0 Å². The summed E-state index contributed by atoms with van der Waals surface area (Å²) in [5, 5.41) is 23.5. The molecule has 2 fully saturated rings. The molecule has 0 bridgehead atoms. The molecule has 0 aromatic heterocycles. The van der Waals surface area contributed by atoms with Crippen LogP contribution in [0.25, 0.3) is 0 Å². The van der Waals surface area contributed by atoms with Crippen LogP contribution in [0.15, 0.2) is 121 Å². The largest absolute Gasteiger partial charge is 0.378 e. The molecule has 0 saturated heterocycles. The fraction of sp³-hybridized carbons (Fsp3) is 0.342. The van der Waals surface area contributed by atoms with Crippen LogP contribution < -0.4 is 31.9 Å². The predicted octanol–water partition coefficient (Wildman–Crippen LogP) is 5.61. The molecular formula is C38H44N2O2P2. The number of hydrogen-bond acceptors (Lipinski definition) is 3. The lowest BCUT2D eigenvalue weighted by Gasteiger charge is -2.33. The standard InChI is InChI=1S/C38H44N2O2P2/c41-37(33-23-13-25-35(33)43(29-15-5-1-6-16-29)30-17-7-2-8-18-30)39-27-28-40-38(42)34-24-14-26-36(34)44(31-19-9-3-10-20-31)32-21-11-4-12-22-32/h1-12,15-22,33-37,39,41H,13-14,23-28H2,(H,40,42). The minimum Gasteiger partial charge on any atom is -0.378 e. The van der Waals surface area contributed by atoms with Crippen molar-refractivity contribution in [1.29, 1.82) is 0 Å². The van der Waals surface area contributed by atoms with Crippen LogP contribution in [0.1, 0.15) is 38.5 Å². The quantitative estimate of drug-likeness (QED) is 0.109. The maximum Gasteiger partial charge on any atom is 0.223 e. The average Bonchev–Trinajstić information content (AvgIpc) is 3.76. The molecule has 5 atom stereocenters. The third-order valence-electron chi connectivity index (χ3n) is 9.33. The van der Waals surface area contributed by atoms with E-state index in [0.29, 0.717) is 24.4 Å². The van der Waals surface area contributed by atoms with Gasteiger partial charge in [0.1, 0.15) is 6.23 Å². The van der Waals surface area contributed by atoms with E-state index in [-0.39, 0.29) is 17.7 Å². The van der Waals surface area contributed by atoms with Crippen LogP contribution in [0, 0.1) is 11.8 Å². The zero-order valence-electron chi connectivity index (χ0n) is 25.3. The molecule has 4 aromatic carbocycles. The number of benzene rings is 4. The summed E-state index contributed by atoms with van der Waals surface area (Å²) in [6.45, 7) is 1.09. The lowest BCUT2D eigenvalue weighted by atomic mass is 10.1. The molecule has 5 unspecified atom stereocenters. The van der Waals surface area contributed by atoms with Gasteiger partial charge in [0.2, 0.25) is 5.91 Å². The molecule has 0 radical (unpaired) electrons. The fourth-order valence-corrected chi connectivity index (χ4v) is 13.6. The molecular weight excluding hydrogens is 578 g/mol. The van der Waals surface area contributed by atoms with Gasteiger partial charge in [-0.05, 0) is 74.1 Å². The third-order valence-corrected chi connectivity index (χ3v) is 15.3. The number of carbonyl (C=O) groups excluding carboxylic acids is 1. The molecule has 0 aliphatic heterocycles. The lowest BCUT2D eigenvalue weighted by Crippen LogP contribution is -2.45. The topological polar surface area (TPSA) is 61.4 Å². The SMILES string of the molecule is O=C(NCCNC(O)C1CCCC1P(c1ccccc1)c1ccccc1)C1CCCC1P(c1ccccc1)c1ccccc1. The molecule has 44 heavy (non-hydrogen) atoms. The Balaban J connectivity index is 1.07. The minimum atomic E-state index is -0.624. The van der Waals surface area contributed by atoms with E-state index in [1.54, 1.807) is 0 Å². The second-order valence-electron chi connectivity index (χ2n) is 12.0. The van der Waals surface area contributed by atoms with Gasteiger partial charge in [0.15, 0.2) is 0 Å². The minimum absolute atomic E-state index is 0.0194. The Hall–Kier alpha value is -2.87. The second kappa shape index (κ2) is 15.4. The van der Waals surface area contributed by atoms with E-state index in [9.17, 15) is 9.90 Å². The highest BCUT2D eigenvalue weighted by molar-refractivity contribution is 7.74. The summed E-state index contributed by atoms with van der Waals surface area (Å²) < 4.78 is 0. The van der Waals surface area contributed by atoms with E-state index in [1.165, 1.54) is 21.2 Å². The maximum absolute atomic E-state index is 13.6. The molecule has 0 heterocycles. The van der Waals surface area contributed by atoms with Gasteiger partial charge in [-0.3, -0.25) is 10.1 Å². The van der Waals surface area contributed by atoms with E-state index in [2.05, 4.69) is 132 Å². The van der Waals surface area contributed by atoms with Gasteiger partial charge in [-0.25, -0.2) is 0 Å². The van der Waals surface area contributed by atoms with Crippen LogP contribution in [0.3, 0.4) is 0 Å². The van der Waals surface area contributed by atoms with Gasteiger partial charge >= 0.3 is 0 Å². The molecule has 4 aromatic rings. The first kappa shape index (κ1) is 31.1. The Morgan fingerprint density at radius 2 is 1.05 bits per heavy atom. The van der Waals surface area contributed by atoms with Gasteiger partial charge in [0, 0.05) is 24.9 Å².